The lowest BCUT2D eigenvalue weighted by atomic mass is 10.0. The number of hydrogen-bond acceptors (Lipinski definition) is 4. The molecular formula is C23H31N5O2. The molecule has 0 amide bonds. The summed E-state index contributed by atoms with van der Waals surface area (Å²) in [6, 6.07) is 6.38. The smallest absolute Gasteiger partial charge is 0.317 e. The van der Waals surface area contributed by atoms with Crippen LogP contribution in [-0.2, 0) is 27.2 Å². The van der Waals surface area contributed by atoms with Crippen molar-refractivity contribution in [2.75, 3.05) is 13.1 Å². The second kappa shape index (κ2) is 7.87. The summed E-state index contributed by atoms with van der Waals surface area (Å²) in [6.45, 7) is 9.77. The Morgan fingerprint density at radius 2 is 1.87 bits per heavy atom. The molecule has 0 radical (unpaired) electrons. The molecule has 0 bridgehead atoms. The monoisotopic (exact) mass is 409 g/mol. The maximum Gasteiger partial charge on any atom is 0.332 e. The van der Waals surface area contributed by atoms with Gasteiger partial charge in [0, 0.05) is 27.2 Å². The van der Waals surface area contributed by atoms with Gasteiger partial charge in [0.05, 0.1) is 6.54 Å². The molecule has 1 atom stereocenters. The highest BCUT2D eigenvalue weighted by molar-refractivity contribution is 5.71. The Labute approximate surface area is 176 Å². The number of nitrogens with zero attached hydrogens (tertiary/aromatic N) is 5. The van der Waals surface area contributed by atoms with Crippen LogP contribution in [0.1, 0.15) is 42.3 Å². The Morgan fingerprint density at radius 3 is 2.60 bits per heavy atom. The van der Waals surface area contributed by atoms with Crippen molar-refractivity contribution in [3.05, 3.63) is 61.6 Å². The van der Waals surface area contributed by atoms with E-state index in [1.54, 1.807) is 7.05 Å². The third-order valence-corrected chi connectivity index (χ3v) is 6.37. The molecule has 3 aromatic rings. The van der Waals surface area contributed by atoms with Gasteiger partial charge < -0.3 is 4.57 Å². The van der Waals surface area contributed by atoms with E-state index in [0.29, 0.717) is 30.2 Å². The molecule has 7 heteroatoms. The van der Waals surface area contributed by atoms with Gasteiger partial charge in [-0.3, -0.25) is 18.8 Å². The number of rotatable bonds is 4. The summed E-state index contributed by atoms with van der Waals surface area (Å²) in [7, 11) is 3.22. The van der Waals surface area contributed by atoms with Crippen molar-refractivity contribution >= 4 is 11.2 Å². The average molecular weight is 410 g/mol. The highest BCUT2D eigenvalue weighted by Crippen LogP contribution is 2.21. The predicted molar refractivity (Wildman–Crippen MR) is 119 cm³/mol. The van der Waals surface area contributed by atoms with Crippen molar-refractivity contribution in [1.82, 2.24) is 23.6 Å². The maximum atomic E-state index is 13.1. The van der Waals surface area contributed by atoms with Gasteiger partial charge in [0.25, 0.3) is 5.56 Å². The minimum absolute atomic E-state index is 0.288. The number of likely N-dealkylation sites (tertiary alicyclic amines) is 1. The van der Waals surface area contributed by atoms with Gasteiger partial charge in [-0.1, -0.05) is 30.7 Å². The lowest BCUT2D eigenvalue weighted by molar-refractivity contribution is 0.171. The number of fused-ring (bicyclic) bond motifs is 1. The fraction of sp³-hybridized carbons (Fsp3) is 0.522. The Morgan fingerprint density at radius 1 is 1.10 bits per heavy atom. The molecule has 0 saturated carbocycles. The van der Waals surface area contributed by atoms with E-state index in [4.69, 9.17) is 4.98 Å². The zero-order valence-electron chi connectivity index (χ0n) is 18.6. The lowest BCUT2D eigenvalue weighted by Gasteiger charge is -2.30. The van der Waals surface area contributed by atoms with Crippen LogP contribution in [0, 0.1) is 19.8 Å². The van der Waals surface area contributed by atoms with Gasteiger partial charge in [0.1, 0.15) is 5.82 Å². The summed E-state index contributed by atoms with van der Waals surface area (Å²) < 4.78 is 4.69. The molecule has 3 heterocycles. The third-order valence-electron chi connectivity index (χ3n) is 6.37. The van der Waals surface area contributed by atoms with E-state index in [1.807, 2.05) is 4.57 Å². The number of aryl methyl sites for hydroxylation is 3. The van der Waals surface area contributed by atoms with Crippen LogP contribution in [-0.4, -0.2) is 36.7 Å². The number of imidazole rings is 1. The minimum Gasteiger partial charge on any atom is -0.317 e. The molecule has 1 aromatic carbocycles. The molecule has 160 valence electrons. The fourth-order valence-corrected chi connectivity index (χ4v) is 4.55. The summed E-state index contributed by atoms with van der Waals surface area (Å²) in [6.07, 6.45) is 2.43. The van der Waals surface area contributed by atoms with Gasteiger partial charge in [-0.25, -0.2) is 9.78 Å². The predicted octanol–water partition coefficient (Wildman–Crippen LogP) is 2.33. The van der Waals surface area contributed by atoms with Crippen LogP contribution in [0.15, 0.2) is 27.8 Å². The Bertz CT molecular complexity index is 1220. The highest BCUT2D eigenvalue weighted by atomic mass is 16.2. The molecule has 30 heavy (non-hydrogen) atoms. The van der Waals surface area contributed by atoms with Gasteiger partial charge >= 0.3 is 5.69 Å². The van der Waals surface area contributed by atoms with Gasteiger partial charge in [0.2, 0.25) is 0 Å². The normalized spacial score (nSPS) is 17.7. The maximum absolute atomic E-state index is 13.1. The van der Waals surface area contributed by atoms with Crippen molar-refractivity contribution in [2.24, 2.45) is 20.0 Å². The van der Waals surface area contributed by atoms with Crippen LogP contribution < -0.4 is 11.2 Å². The van der Waals surface area contributed by atoms with Crippen molar-refractivity contribution in [3.8, 4) is 0 Å². The summed E-state index contributed by atoms with van der Waals surface area (Å²) in [5.74, 6) is 1.51. The Kier molecular flexibility index (Phi) is 5.40. The minimum atomic E-state index is -0.345. The molecule has 7 nitrogen and oxygen atoms in total. The van der Waals surface area contributed by atoms with Gasteiger partial charge in [-0.05, 0) is 50.3 Å². The average Bonchev–Trinajstić information content (AvgIpc) is 3.05. The zero-order chi connectivity index (χ0) is 21.6. The molecule has 0 aliphatic carbocycles. The SMILES string of the molecule is Cc1ccc(C)c(Cn2c(CN3CCCC(C)C3)nc3c2c(=O)n(C)c(=O)n3C)c1. The van der Waals surface area contributed by atoms with Crippen molar-refractivity contribution in [3.63, 3.8) is 0 Å². The summed E-state index contributed by atoms with van der Waals surface area (Å²) in [4.78, 5) is 32.8. The van der Waals surface area contributed by atoms with Gasteiger partial charge in [-0.2, -0.15) is 0 Å². The first-order valence-corrected chi connectivity index (χ1v) is 10.7. The van der Waals surface area contributed by atoms with E-state index in [2.05, 4.69) is 43.9 Å². The quantitative estimate of drug-likeness (QED) is 0.663. The molecule has 1 aliphatic rings. The molecule has 0 N–H and O–H groups in total. The van der Waals surface area contributed by atoms with E-state index in [1.165, 1.54) is 45.7 Å². The third kappa shape index (κ3) is 3.62. The van der Waals surface area contributed by atoms with Crippen LogP contribution in [0.4, 0.5) is 0 Å². The standard InChI is InChI=1S/C23H31N5O2/c1-15-8-9-17(3)18(11-15)13-28-19(14-27-10-6-7-16(2)12-27)24-21-20(28)22(29)26(5)23(30)25(21)4/h8-9,11,16H,6-7,10,12-14H2,1-5H3. The van der Waals surface area contributed by atoms with Crippen LogP contribution in [0.5, 0.6) is 0 Å². The van der Waals surface area contributed by atoms with E-state index < -0.39 is 0 Å². The summed E-state index contributed by atoms with van der Waals surface area (Å²) in [5.41, 5.74) is 3.87. The van der Waals surface area contributed by atoms with Crippen LogP contribution in [0.3, 0.4) is 0 Å². The second-order valence-corrected chi connectivity index (χ2v) is 8.90. The number of aromatic nitrogens is 4. The zero-order valence-corrected chi connectivity index (χ0v) is 18.6. The van der Waals surface area contributed by atoms with Crippen LogP contribution in [0.2, 0.25) is 0 Å². The molecule has 4 rings (SSSR count). The molecular weight excluding hydrogens is 378 g/mol. The fourth-order valence-electron chi connectivity index (χ4n) is 4.55. The largest absolute Gasteiger partial charge is 0.332 e. The molecule has 1 aliphatic heterocycles. The van der Waals surface area contributed by atoms with E-state index in [0.717, 1.165) is 18.9 Å². The number of piperidine rings is 1. The molecule has 1 fully saturated rings. The number of benzene rings is 1. The molecule has 1 unspecified atom stereocenters. The van der Waals surface area contributed by atoms with E-state index in [-0.39, 0.29) is 11.2 Å². The van der Waals surface area contributed by atoms with E-state index in [9.17, 15) is 9.59 Å². The highest BCUT2D eigenvalue weighted by Gasteiger charge is 2.23. The van der Waals surface area contributed by atoms with Crippen LogP contribution in [0.25, 0.3) is 11.2 Å². The molecule has 1 saturated heterocycles. The number of hydrogen-bond donors (Lipinski definition) is 0. The topological polar surface area (TPSA) is 65.1 Å². The second-order valence-electron chi connectivity index (χ2n) is 8.90. The summed E-state index contributed by atoms with van der Waals surface area (Å²) >= 11 is 0. The van der Waals surface area contributed by atoms with Gasteiger partial charge in [-0.15, -0.1) is 0 Å². The Balaban J connectivity index is 1.89. The first-order chi connectivity index (χ1) is 14.3. The Hall–Kier alpha value is -2.67. The first kappa shape index (κ1) is 20.6. The van der Waals surface area contributed by atoms with Crippen molar-refractivity contribution < 1.29 is 0 Å². The molecule has 0 spiro atoms. The van der Waals surface area contributed by atoms with E-state index >= 15 is 0 Å². The first-order valence-electron chi connectivity index (χ1n) is 10.7. The summed E-state index contributed by atoms with van der Waals surface area (Å²) in [5, 5.41) is 0. The lowest BCUT2D eigenvalue weighted by Crippen LogP contribution is -2.37. The van der Waals surface area contributed by atoms with Crippen molar-refractivity contribution in [1.29, 1.82) is 0 Å². The van der Waals surface area contributed by atoms with Crippen molar-refractivity contribution in [2.45, 2.75) is 46.7 Å². The van der Waals surface area contributed by atoms with Gasteiger partial charge in [0.15, 0.2) is 11.2 Å². The molecule has 2 aromatic heterocycles. The van der Waals surface area contributed by atoms with Crippen LogP contribution >= 0.6 is 0 Å².